The number of fused-ring (bicyclic) bond motifs is 2. The Morgan fingerprint density at radius 3 is 2.76 bits per heavy atom. The zero-order valence-corrected chi connectivity index (χ0v) is 15.8. The number of carbonyl (C=O) groups excluding carboxylic acids is 1. The number of halogens is 3. The maximum atomic E-state index is 13.2. The minimum absolute atomic E-state index is 0.186. The van der Waals surface area contributed by atoms with Crippen molar-refractivity contribution in [1.82, 2.24) is 4.98 Å². The topological polar surface area (TPSA) is 42.4 Å². The van der Waals surface area contributed by atoms with Gasteiger partial charge in [-0.1, -0.05) is 24.3 Å². The van der Waals surface area contributed by atoms with Crippen molar-refractivity contribution < 1.29 is 22.7 Å². The highest BCUT2D eigenvalue weighted by molar-refractivity contribution is 6.07. The number of benzene rings is 2. The number of hydrogen-bond acceptors (Lipinski definition) is 4. The Labute approximate surface area is 165 Å². The molecule has 3 aromatic rings. The van der Waals surface area contributed by atoms with Gasteiger partial charge in [0.05, 0.1) is 23.4 Å². The number of carbonyl (C=O) groups is 1. The lowest BCUT2D eigenvalue weighted by atomic mass is 9.98. The number of anilines is 2. The zero-order valence-electron chi connectivity index (χ0n) is 15.8. The number of hydrogen-bond donors (Lipinski definition) is 0. The quantitative estimate of drug-likeness (QED) is 0.544. The third kappa shape index (κ3) is 3.52. The van der Waals surface area contributed by atoms with Crippen LogP contribution in [0.5, 0.6) is 0 Å². The van der Waals surface area contributed by atoms with Crippen LogP contribution in [-0.4, -0.2) is 24.1 Å². The van der Waals surface area contributed by atoms with E-state index in [0.29, 0.717) is 17.6 Å². The summed E-state index contributed by atoms with van der Waals surface area (Å²) in [5.74, 6) is -0.542. The molecule has 1 aliphatic rings. The molecular weight excluding hydrogens is 381 g/mol. The summed E-state index contributed by atoms with van der Waals surface area (Å²) in [4.78, 5) is 18.8. The van der Waals surface area contributed by atoms with E-state index in [1.165, 1.54) is 12.3 Å². The highest BCUT2D eigenvalue weighted by atomic mass is 19.4. The van der Waals surface area contributed by atoms with E-state index in [2.05, 4.69) is 4.98 Å². The minimum atomic E-state index is -4.46. The number of esters is 1. The van der Waals surface area contributed by atoms with Gasteiger partial charge in [0.2, 0.25) is 0 Å². The zero-order chi connectivity index (χ0) is 20.6. The van der Waals surface area contributed by atoms with E-state index in [9.17, 15) is 18.0 Å². The first-order chi connectivity index (χ1) is 13.9. The lowest BCUT2D eigenvalue weighted by Crippen LogP contribution is -2.27. The predicted molar refractivity (Wildman–Crippen MR) is 104 cm³/mol. The summed E-state index contributed by atoms with van der Waals surface area (Å²) < 4.78 is 44.7. The predicted octanol–water partition coefficient (Wildman–Crippen LogP) is 5.51. The van der Waals surface area contributed by atoms with E-state index in [1.807, 2.05) is 29.2 Å². The molecule has 0 atom stereocenters. The maximum absolute atomic E-state index is 13.2. The molecule has 1 aliphatic heterocycles. The van der Waals surface area contributed by atoms with Crippen molar-refractivity contribution in [2.24, 2.45) is 0 Å². The minimum Gasteiger partial charge on any atom is -0.462 e. The van der Waals surface area contributed by atoms with Crippen molar-refractivity contribution in [1.29, 1.82) is 0 Å². The summed E-state index contributed by atoms with van der Waals surface area (Å²) in [6.07, 6.45) is -1.38. The number of pyridine rings is 1. The molecule has 4 rings (SSSR count). The lowest BCUT2D eigenvalue weighted by Gasteiger charge is -2.33. The van der Waals surface area contributed by atoms with Crippen LogP contribution >= 0.6 is 0 Å². The Balaban J connectivity index is 1.96. The van der Waals surface area contributed by atoms with Crippen molar-refractivity contribution in [3.63, 3.8) is 0 Å². The molecule has 0 amide bonds. The van der Waals surface area contributed by atoms with Crippen LogP contribution in [0.1, 0.15) is 34.8 Å². The number of nitrogens with zero attached hydrogens (tertiary/aromatic N) is 2. The molecule has 4 nitrogen and oxygen atoms in total. The standard InChI is InChI=1S/C22H19F3N2O2/c1-2-29-21(28)17-13-26-18-12-15(22(23,24)25)9-10-16(18)20(17)27-11-5-7-14-6-3-4-8-19(14)27/h3-4,6,8-10,12-13H,2,5,7,11H2,1H3. The Hall–Kier alpha value is -3.09. The molecule has 0 bridgehead atoms. The van der Waals surface area contributed by atoms with Gasteiger partial charge >= 0.3 is 12.1 Å². The fourth-order valence-electron chi connectivity index (χ4n) is 3.77. The number of ether oxygens (including phenoxy) is 1. The van der Waals surface area contributed by atoms with Crippen LogP contribution in [0.4, 0.5) is 24.5 Å². The molecule has 150 valence electrons. The molecule has 0 saturated carbocycles. The van der Waals surface area contributed by atoms with Crippen molar-refractivity contribution in [2.75, 3.05) is 18.1 Å². The SMILES string of the molecule is CCOC(=O)c1cnc2cc(C(F)(F)F)ccc2c1N1CCCc2ccccc21. The van der Waals surface area contributed by atoms with Gasteiger partial charge in [0.15, 0.2) is 0 Å². The van der Waals surface area contributed by atoms with Crippen molar-refractivity contribution in [3.05, 3.63) is 65.4 Å². The van der Waals surface area contributed by atoms with Gasteiger partial charge in [0, 0.05) is 23.8 Å². The van der Waals surface area contributed by atoms with Crippen LogP contribution in [0, 0.1) is 0 Å². The number of rotatable bonds is 3. The Bertz CT molecular complexity index is 1080. The summed E-state index contributed by atoms with van der Waals surface area (Å²) >= 11 is 0. The van der Waals surface area contributed by atoms with Crippen LogP contribution in [0.2, 0.25) is 0 Å². The first kappa shape index (κ1) is 19.2. The fraction of sp³-hybridized carbons (Fsp3) is 0.273. The van der Waals surface area contributed by atoms with Crippen LogP contribution in [0.25, 0.3) is 10.9 Å². The maximum Gasteiger partial charge on any atom is 0.416 e. The highest BCUT2D eigenvalue weighted by Crippen LogP contribution is 2.40. The number of para-hydroxylation sites is 1. The van der Waals surface area contributed by atoms with E-state index in [-0.39, 0.29) is 17.7 Å². The third-order valence-corrected chi connectivity index (χ3v) is 5.04. The van der Waals surface area contributed by atoms with Crippen LogP contribution < -0.4 is 4.90 Å². The summed E-state index contributed by atoms with van der Waals surface area (Å²) in [6.45, 7) is 2.54. The molecule has 2 heterocycles. The fourth-order valence-corrected chi connectivity index (χ4v) is 3.77. The Morgan fingerprint density at radius 1 is 1.21 bits per heavy atom. The van der Waals surface area contributed by atoms with Gasteiger partial charge in [-0.15, -0.1) is 0 Å². The molecule has 0 radical (unpaired) electrons. The Morgan fingerprint density at radius 2 is 2.00 bits per heavy atom. The summed E-state index contributed by atoms with van der Waals surface area (Å²) in [5, 5.41) is 0.486. The first-order valence-electron chi connectivity index (χ1n) is 9.42. The van der Waals surface area contributed by atoms with Crippen LogP contribution in [0.3, 0.4) is 0 Å². The van der Waals surface area contributed by atoms with Gasteiger partial charge in [-0.3, -0.25) is 4.98 Å². The molecular formula is C22H19F3N2O2. The van der Waals surface area contributed by atoms with Crippen molar-refractivity contribution in [3.8, 4) is 0 Å². The molecule has 2 aromatic carbocycles. The smallest absolute Gasteiger partial charge is 0.416 e. The van der Waals surface area contributed by atoms with Crippen molar-refractivity contribution >= 4 is 28.2 Å². The van der Waals surface area contributed by atoms with Gasteiger partial charge in [0.25, 0.3) is 0 Å². The van der Waals surface area contributed by atoms with Gasteiger partial charge in [-0.25, -0.2) is 4.79 Å². The van der Waals surface area contributed by atoms with Gasteiger partial charge in [0.1, 0.15) is 5.56 Å². The first-order valence-corrected chi connectivity index (χ1v) is 9.42. The second-order valence-electron chi connectivity index (χ2n) is 6.85. The third-order valence-electron chi connectivity index (χ3n) is 5.04. The molecule has 0 spiro atoms. The number of aromatic nitrogens is 1. The van der Waals surface area contributed by atoms with Crippen LogP contribution in [-0.2, 0) is 17.3 Å². The van der Waals surface area contributed by atoms with E-state index >= 15 is 0 Å². The van der Waals surface area contributed by atoms with E-state index in [0.717, 1.165) is 36.2 Å². The molecule has 0 N–H and O–H groups in total. The summed E-state index contributed by atoms with van der Waals surface area (Å²) in [6, 6.07) is 11.3. The Kier molecular flexibility index (Phi) is 4.90. The highest BCUT2D eigenvalue weighted by Gasteiger charge is 2.32. The second kappa shape index (κ2) is 7.39. The molecule has 0 unspecified atom stereocenters. The number of alkyl halides is 3. The molecule has 1 aromatic heterocycles. The number of aryl methyl sites for hydroxylation is 1. The summed E-state index contributed by atoms with van der Waals surface area (Å²) in [7, 11) is 0. The van der Waals surface area contributed by atoms with Crippen LogP contribution in [0.15, 0.2) is 48.7 Å². The molecule has 0 aliphatic carbocycles. The van der Waals surface area contributed by atoms with E-state index in [1.54, 1.807) is 6.92 Å². The molecule has 0 fully saturated rings. The van der Waals surface area contributed by atoms with Gasteiger partial charge in [-0.05, 0) is 43.5 Å². The second-order valence-corrected chi connectivity index (χ2v) is 6.85. The van der Waals surface area contributed by atoms with E-state index in [4.69, 9.17) is 4.74 Å². The van der Waals surface area contributed by atoms with Gasteiger partial charge < -0.3 is 9.64 Å². The normalized spacial score (nSPS) is 14.0. The summed E-state index contributed by atoms with van der Waals surface area (Å²) in [5.41, 5.74) is 2.27. The molecule has 29 heavy (non-hydrogen) atoms. The average Bonchev–Trinajstić information content (AvgIpc) is 2.71. The van der Waals surface area contributed by atoms with Crippen molar-refractivity contribution in [2.45, 2.75) is 25.9 Å². The van der Waals surface area contributed by atoms with Gasteiger partial charge in [-0.2, -0.15) is 13.2 Å². The monoisotopic (exact) mass is 400 g/mol. The average molecular weight is 400 g/mol. The molecule has 7 heteroatoms. The van der Waals surface area contributed by atoms with E-state index < -0.39 is 17.7 Å². The largest absolute Gasteiger partial charge is 0.462 e. The molecule has 0 saturated heterocycles. The lowest BCUT2D eigenvalue weighted by molar-refractivity contribution is -0.137.